The highest BCUT2D eigenvalue weighted by Crippen LogP contribution is 2.31. The molecule has 0 bridgehead atoms. The molecule has 2 aliphatic rings. The van der Waals surface area contributed by atoms with Crippen molar-refractivity contribution in [1.82, 2.24) is 5.32 Å². The van der Waals surface area contributed by atoms with Crippen LogP contribution in [0.2, 0.25) is 0 Å². The van der Waals surface area contributed by atoms with Gasteiger partial charge in [0.05, 0.1) is 0 Å². The predicted octanol–water partition coefficient (Wildman–Crippen LogP) is 2.69. The lowest BCUT2D eigenvalue weighted by atomic mass is 9.78. The Labute approximate surface area is 117 Å². The minimum absolute atomic E-state index is 0.178. The predicted molar refractivity (Wildman–Crippen MR) is 78.6 cm³/mol. The molecular formula is C16H30N2O. The maximum atomic E-state index is 12.4. The van der Waals surface area contributed by atoms with Gasteiger partial charge in [-0.25, -0.2) is 0 Å². The Morgan fingerprint density at radius 2 is 1.68 bits per heavy atom. The molecule has 2 fully saturated rings. The van der Waals surface area contributed by atoms with Crippen LogP contribution in [0, 0.1) is 23.7 Å². The molecule has 0 aromatic heterocycles. The van der Waals surface area contributed by atoms with Crippen LogP contribution in [0.3, 0.4) is 0 Å². The summed E-state index contributed by atoms with van der Waals surface area (Å²) >= 11 is 0. The lowest BCUT2D eigenvalue weighted by Crippen LogP contribution is -2.42. The lowest BCUT2D eigenvalue weighted by molar-refractivity contribution is -0.128. The molecule has 3 nitrogen and oxygen atoms in total. The van der Waals surface area contributed by atoms with Crippen LogP contribution in [0.1, 0.15) is 58.3 Å². The number of carbonyl (C=O) groups is 1. The fraction of sp³-hybridized carbons (Fsp3) is 0.938. The van der Waals surface area contributed by atoms with Crippen molar-refractivity contribution in [2.24, 2.45) is 29.4 Å². The third-order valence-corrected chi connectivity index (χ3v) is 5.38. The minimum atomic E-state index is 0.178. The highest BCUT2D eigenvalue weighted by Gasteiger charge is 2.30. The van der Waals surface area contributed by atoms with Crippen molar-refractivity contribution >= 4 is 5.91 Å². The summed E-state index contributed by atoms with van der Waals surface area (Å²) in [6.07, 6.45) is 9.91. The van der Waals surface area contributed by atoms with Gasteiger partial charge in [-0.1, -0.05) is 39.0 Å². The normalized spacial score (nSPS) is 35.9. The Morgan fingerprint density at radius 3 is 2.37 bits per heavy atom. The van der Waals surface area contributed by atoms with E-state index in [9.17, 15) is 4.79 Å². The van der Waals surface area contributed by atoms with E-state index in [1.807, 2.05) is 0 Å². The number of amides is 1. The summed E-state index contributed by atoms with van der Waals surface area (Å²) in [6, 6.07) is 0. The average Bonchev–Trinajstić information content (AvgIpc) is 2.46. The van der Waals surface area contributed by atoms with Gasteiger partial charge >= 0.3 is 0 Å². The van der Waals surface area contributed by atoms with Crippen LogP contribution in [0.15, 0.2) is 0 Å². The second kappa shape index (κ2) is 7.28. The van der Waals surface area contributed by atoms with Gasteiger partial charge in [-0.15, -0.1) is 0 Å². The second-order valence-corrected chi connectivity index (χ2v) is 6.65. The van der Waals surface area contributed by atoms with Crippen molar-refractivity contribution in [2.75, 3.05) is 13.1 Å². The van der Waals surface area contributed by atoms with Crippen molar-refractivity contribution in [1.29, 1.82) is 0 Å². The van der Waals surface area contributed by atoms with Crippen LogP contribution >= 0.6 is 0 Å². The zero-order chi connectivity index (χ0) is 13.7. The highest BCUT2D eigenvalue weighted by atomic mass is 16.1. The van der Waals surface area contributed by atoms with Crippen molar-refractivity contribution in [3.8, 4) is 0 Å². The first-order valence-corrected chi connectivity index (χ1v) is 8.20. The van der Waals surface area contributed by atoms with Gasteiger partial charge in [0.25, 0.3) is 0 Å². The second-order valence-electron chi connectivity index (χ2n) is 6.65. The minimum Gasteiger partial charge on any atom is -0.356 e. The Balaban J connectivity index is 1.79. The van der Waals surface area contributed by atoms with Crippen LogP contribution in [0.5, 0.6) is 0 Å². The Bertz CT molecular complexity index is 292. The third kappa shape index (κ3) is 3.95. The Hall–Kier alpha value is -0.570. The summed E-state index contributed by atoms with van der Waals surface area (Å²) in [5.41, 5.74) is 5.81. The van der Waals surface area contributed by atoms with E-state index in [1.54, 1.807) is 0 Å². The molecule has 19 heavy (non-hydrogen) atoms. The van der Waals surface area contributed by atoms with E-state index in [0.717, 1.165) is 25.3 Å². The molecule has 2 rings (SSSR count). The van der Waals surface area contributed by atoms with Crippen LogP contribution in [0.4, 0.5) is 0 Å². The summed E-state index contributed by atoms with van der Waals surface area (Å²) in [4.78, 5) is 12.4. The van der Waals surface area contributed by atoms with Crippen LogP contribution in [0.25, 0.3) is 0 Å². The lowest BCUT2D eigenvalue weighted by Gasteiger charge is -2.32. The molecule has 0 aromatic rings. The van der Waals surface area contributed by atoms with Gasteiger partial charge in [-0.05, 0) is 43.6 Å². The molecule has 0 heterocycles. The number of hydrogen-bond acceptors (Lipinski definition) is 2. The number of nitrogens with two attached hydrogens (primary N) is 1. The van der Waals surface area contributed by atoms with Gasteiger partial charge in [0.15, 0.2) is 0 Å². The number of carbonyl (C=O) groups excluding carboxylic acids is 1. The fourth-order valence-electron chi connectivity index (χ4n) is 3.89. The number of rotatable bonds is 4. The van der Waals surface area contributed by atoms with Gasteiger partial charge in [0, 0.05) is 12.5 Å². The van der Waals surface area contributed by atoms with Crippen LogP contribution < -0.4 is 11.1 Å². The highest BCUT2D eigenvalue weighted by molar-refractivity contribution is 5.79. The van der Waals surface area contributed by atoms with Gasteiger partial charge < -0.3 is 11.1 Å². The summed E-state index contributed by atoms with van der Waals surface area (Å²) < 4.78 is 0. The molecule has 4 atom stereocenters. The monoisotopic (exact) mass is 266 g/mol. The smallest absolute Gasteiger partial charge is 0.223 e. The molecule has 110 valence electrons. The van der Waals surface area contributed by atoms with Crippen molar-refractivity contribution in [3.63, 3.8) is 0 Å². The summed E-state index contributed by atoms with van der Waals surface area (Å²) in [7, 11) is 0. The summed E-state index contributed by atoms with van der Waals surface area (Å²) in [5.74, 6) is 2.33. The van der Waals surface area contributed by atoms with E-state index < -0.39 is 0 Å². The van der Waals surface area contributed by atoms with Crippen LogP contribution in [-0.4, -0.2) is 19.0 Å². The molecule has 1 amide bonds. The first kappa shape index (κ1) is 14.8. The molecule has 0 aliphatic heterocycles. The van der Waals surface area contributed by atoms with E-state index in [2.05, 4.69) is 12.2 Å². The zero-order valence-corrected chi connectivity index (χ0v) is 12.4. The van der Waals surface area contributed by atoms with E-state index >= 15 is 0 Å². The molecule has 2 saturated carbocycles. The van der Waals surface area contributed by atoms with E-state index in [4.69, 9.17) is 5.73 Å². The molecule has 3 heteroatoms. The van der Waals surface area contributed by atoms with E-state index in [0.29, 0.717) is 18.4 Å². The van der Waals surface area contributed by atoms with Gasteiger partial charge in [0.1, 0.15) is 0 Å². The fourth-order valence-corrected chi connectivity index (χ4v) is 3.89. The quantitative estimate of drug-likeness (QED) is 0.822. The molecule has 3 N–H and O–H groups in total. The maximum absolute atomic E-state index is 12.4. The molecule has 2 aliphatic carbocycles. The van der Waals surface area contributed by atoms with Gasteiger partial charge in [0.2, 0.25) is 5.91 Å². The SMILES string of the molecule is CC1CCCCC1CNC(=O)C1CCCCC1CN. The van der Waals surface area contributed by atoms with Gasteiger partial charge in [-0.3, -0.25) is 4.79 Å². The first-order chi connectivity index (χ1) is 9.22. The Morgan fingerprint density at radius 1 is 1.05 bits per heavy atom. The van der Waals surface area contributed by atoms with E-state index in [-0.39, 0.29) is 11.8 Å². The molecule has 0 saturated heterocycles. The molecule has 0 aromatic carbocycles. The largest absolute Gasteiger partial charge is 0.356 e. The van der Waals surface area contributed by atoms with E-state index in [1.165, 1.54) is 38.5 Å². The van der Waals surface area contributed by atoms with Crippen molar-refractivity contribution in [3.05, 3.63) is 0 Å². The standard InChI is InChI=1S/C16H30N2O/c1-12-6-2-3-8-14(12)11-18-16(19)15-9-5-4-7-13(15)10-17/h12-15H,2-11,17H2,1H3,(H,18,19). The summed E-state index contributed by atoms with van der Waals surface area (Å²) in [5, 5.41) is 3.22. The first-order valence-electron chi connectivity index (χ1n) is 8.20. The molecule has 0 radical (unpaired) electrons. The van der Waals surface area contributed by atoms with Crippen LogP contribution in [-0.2, 0) is 4.79 Å². The van der Waals surface area contributed by atoms with Crippen molar-refractivity contribution in [2.45, 2.75) is 58.3 Å². The average molecular weight is 266 g/mol. The Kier molecular flexibility index (Phi) is 5.68. The zero-order valence-electron chi connectivity index (χ0n) is 12.4. The third-order valence-electron chi connectivity index (χ3n) is 5.38. The van der Waals surface area contributed by atoms with Crippen molar-refractivity contribution < 1.29 is 4.79 Å². The maximum Gasteiger partial charge on any atom is 0.223 e. The molecule has 0 spiro atoms. The molecule has 4 unspecified atom stereocenters. The van der Waals surface area contributed by atoms with Gasteiger partial charge in [-0.2, -0.15) is 0 Å². The topological polar surface area (TPSA) is 55.1 Å². The number of hydrogen-bond donors (Lipinski definition) is 2. The number of nitrogens with one attached hydrogen (secondary N) is 1. The summed E-state index contributed by atoms with van der Waals surface area (Å²) in [6.45, 7) is 3.88. The molecular weight excluding hydrogens is 236 g/mol.